The van der Waals surface area contributed by atoms with E-state index in [0.717, 1.165) is 11.3 Å². The number of aromatic nitrogens is 1. The number of carbonyl (C=O) groups is 1. The molecule has 142 valence electrons. The number of aromatic amines is 1. The number of ether oxygens (including phenoxy) is 1. The smallest absolute Gasteiger partial charge is 0.417 e. The Hall–Kier alpha value is -3.81. The van der Waals surface area contributed by atoms with Gasteiger partial charge in [-0.25, -0.2) is 4.79 Å². The molecule has 1 aromatic heterocycles. The summed E-state index contributed by atoms with van der Waals surface area (Å²) in [6.07, 6.45) is 1.69. The van der Waals surface area contributed by atoms with Gasteiger partial charge in [0.2, 0.25) is 5.91 Å². The summed E-state index contributed by atoms with van der Waals surface area (Å²) in [7, 11) is 0. The highest BCUT2D eigenvalue weighted by atomic mass is 16.5. The molecule has 8 nitrogen and oxygen atoms in total. The second-order valence-electron chi connectivity index (χ2n) is 6.45. The first-order chi connectivity index (χ1) is 13.5. The minimum atomic E-state index is -0.521. The molecule has 0 bridgehead atoms. The fourth-order valence-corrected chi connectivity index (χ4v) is 2.99. The summed E-state index contributed by atoms with van der Waals surface area (Å²) in [5.74, 6) is 0.0208. The molecule has 0 saturated heterocycles. The summed E-state index contributed by atoms with van der Waals surface area (Å²) in [5, 5.41) is 14.3. The second kappa shape index (κ2) is 7.07. The van der Waals surface area contributed by atoms with Gasteiger partial charge < -0.3 is 25.2 Å². The summed E-state index contributed by atoms with van der Waals surface area (Å²) in [4.78, 5) is 25.1. The van der Waals surface area contributed by atoms with E-state index in [1.807, 2.05) is 12.1 Å². The predicted molar refractivity (Wildman–Crippen MR) is 105 cm³/mol. The zero-order valence-electron chi connectivity index (χ0n) is 15.1. The number of allylic oxidation sites excluding steroid dienone is 1. The number of anilines is 1. The van der Waals surface area contributed by atoms with Crippen molar-refractivity contribution in [2.24, 2.45) is 0 Å². The predicted octanol–water partition coefficient (Wildman–Crippen LogP) is 2.51. The number of rotatable bonds is 3. The van der Waals surface area contributed by atoms with Crippen molar-refractivity contribution >= 4 is 28.4 Å². The SMILES string of the molecule is CC(=O)Nc1ccc2c(c1)OC/C(=C/C(=N)c1ccc3[nH]c(=O)oc3c1)NC2. The van der Waals surface area contributed by atoms with Crippen LogP contribution in [0, 0.1) is 5.41 Å². The third kappa shape index (κ3) is 3.66. The molecule has 3 aromatic rings. The molecular weight excluding hydrogens is 360 g/mol. The van der Waals surface area contributed by atoms with Crippen LogP contribution in [-0.2, 0) is 11.3 Å². The van der Waals surface area contributed by atoms with E-state index >= 15 is 0 Å². The molecule has 2 aromatic carbocycles. The van der Waals surface area contributed by atoms with E-state index in [9.17, 15) is 9.59 Å². The lowest BCUT2D eigenvalue weighted by molar-refractivity contribution is -0.114. The Balaban J connectivity index is 1.52. The highest BCUT2D eigenvalue weighted by Crippen LogP contribution is 2.26. The van der Waals surface area contributed by atoms with Crippen molar-refractivity contribution in [2.45, 2.75) is 13.5 Å². The minimum absolute atomic E-state index is 0.143. The van der Waals surface area contributed by atoms with E-state index in [0.29, 0.717) is 34.6 Å². The maximum absolute atomic E-state index is 11.3. The first kappa shape index (κ1) is 17.6. The fraction of sp³-hybridized carbons (Fsp3) is 0.150. The summed E-state index contributed by atoms with van der Waals surface area (Å²) in [6.45, 7) is 2.26. The normalized spacial score (nSPS) is 14.7. The van der Waals surface area contributed by atoms with Crippen LogP contribution in [0.4, 0.5) is 5.69 Å². The fourth-order valence-electron chi connectivity index (χ4n) is 2.99. The Kier molecular flexibility index (Phi) is 4.44. The summed E-state index contributed by atoms with van der Waals surface area (Å²) >= 11 is 0. The number of hydrogen-bond acceptors (Lipinski definition) is 6. The summed E-state index contributed by atoms with van der Waals surface area (Å²) in [5.41, 5.74) is 4.27. The van der Waals surface area contributed by atoms with E-state index in [4.69, 9.17) is 14.6 Å². The molecule has 1 aliphatic heterocycles. The zero-order valence-corrected chi connectivity index (χ0v) is 15.1. The first-order valence-electron chi connectivity index (χ1n) is 8.67. The van der Waals surface area contributed by atoms with Gasteiger partial charge in [-0.1, -0.05) is 12.1 Å². The van der Waals surface area contributed by atoms with Crippen LogP contribution in [0.15, 0.2) is 57.4 Å². The van der Waals surface area contributed by atoms with Gasteiger partial charge in [-0.2, -0.15) is 0 Å². The van der Waals surface area contributed by atoms with Gasteiger partial charge in [0.25, 0.3) is 0 Å². The van der Waals surface area contributed by atoms with Crippen molar-refractivity contribution < 1.29 is 13.9 Å². The van der Waals surface area contributed by atoms with Crippen LogP contribution in [-0.4, -0.2) is 23.2 Å². The van der Waals surface area contributed by atoms with E-state index in [1.165, 1.54) is 6.92 Å². The molecule has 0 unspecified atom stereocenters. The Labute approximate surface area is 159 Å². The molecule has 0 radical (unpaired) electrons. The topological polar surface area (TPSA) is 120 Å². The number of nitrogens with one attached hydrogen (secondary N) is 4. The van der Waals surface area contributed by atoms with Crippen LogP contribution in [0.2, 0.25) is 0 Å². The average Bonchev–Trinajstić information content (AvgIpc) is 2.91. The highest BCUT2D eigenvalue weighted by Gasteiger charge is 2.13. The van der Waals surface area contributed by atoms with Crippen molar-refractivity contribution in [3.63, 3.8) is 0 Å². The molecule has 0 saturated carbocycles. The number of H-pyrrole nitrogens is 1. The van der Waals surface area contributed by atoms with Crippen molar-refractivity contribution in [3.8, 4) is 5.75 Å². The molecule has 0 spiro atoms. The van der Waals surface area contributed by atoms with Crippen LogP contribution in [0.25, 0.3) is 11.1 Å². The van der Waals surface area contributed by atoms with Gasteiger partial charge in [0.15, 0.2) is 5.58 Å². The van der Waals surface area contributed by atoms with E-state index in [2.05, 4.69) is 15.6 Å². The molecule has 28 heavy (non-hydrogen) atoms. The van der Waals surface area contributed by atoms with E-state index in [1.54, 1.807) is 30.3 Å². The molecule has 0 fully saturated rings. The van der Waals surface area contributed by atoms with Gasteiger partial charge in [0.1, 0.15) is 12.4 Å². The molecular formula is C20H18N4O4. The van der Waals surface area contributed by atoms with Crippen LogP contribution in [0.3, 0.4) is 0 Å². The minimum Gasteiger partial charge on any atom is -0.487 e. The summed E-state index contributed by atoms with van der Waals surface area (Å²) in [6, 6.07) is 10.6. The van der Waals surface area contributed by atoms with Crippen LogP contribution in [0.5, 0.6) is 5.75 Å². The number of benzene rings is 2. The van der Waals surface area contributed by atoms with Gasteiger partial charge in [-0.15, -0.1) is 0 Å². The average molecular weight is 378 g/mol. The lowest BCUT2D eigenvalue weighted by atomic mass is 10.1. The maximum Gasteiger partial charge on any atom is 0.417 e. The van der Waals surface area contributed by atoms with Crippen molar-refractivity contribution in [1.29, 1.82) is 5.41 Å². The Morgan fingerprint density at radius 2 is 2.11 bits per heavy atom. The van der Waals surface area contributed by atoms with Crippen molar-refractivity contribution in [2.75, 3.05) is 11.9 Å². The molecule has 1 aliphatic rings. The second-order valence-corrected chi connectivity index (χ2v) is 6.45. The third-order valence-electron chi connectivity index (χ3n) is 4.33. The highest BCUT2D eigenvalue weighted by molar-refractivity contribution is 6.08. The van der Waals surface area contributed by atoms with Crippen LogP contribution >= 0.6 is 0 Å². The number of amides is 1. The zero-order chi connectivity index (χ0) is 19.7. The Bertz CT molecular complexity index is 1170. The van der Waals surface area contributed by atoms with Gasteiger partial charge in [0.05, 0.1) is 16.9 Å². The lowest BCUT2D eigenvalue weighted by Crippen LogP contribution is -2.16. The monoisotopic (exact) mass is 378 g/mol. The summed E-state index contributed by atoms with van der Waals surface area (Å²) < 4.78 is 10.9. The number of oxazole rings is 1. The molecule has 4 N–H and O–H groups in total. The van der Waals surface area contributed by atoms with E-state index < -0.39 is 5.76 Å². The quantitative estimate of drug-likeness (QED) is 0.522. The Morgan fingerprint density at radius 3 is 2.93 bits per heavy atom. The molecule has 8 heteroatoms. The number of carbonyl (C=O) groups excluding carboxylic acids is 1. The van der Waals surface area contributed by atoms with Crippen LogP contribution < -0.4 is 21.1 Å². The van der Waals surface area contributed by atoms with Gasteiger partial charge >= 0.3 is 5.76 Å². The van der Waals surface area contributed by atoms with Crippen LogP contribution in [0.1, 0.15) is 18.1 Å². The molecule has 1 amide bonds. The molecule has 0 aliphatic carbocycles. The number of fused-ring (bicyclic) bond motifs is 2. The molecule has 2 heterocycles. The lowest BCUT2D eigenvalue weighted by Gasteiger charge is -2.09. The Morgan fingerprint density at radius 1 is 1.25 bits per heavy atom. The van der Waals surface area contributed by atoms with E-state index in [-0.39, 0.29) is 18.2 Å². The largest absolute Gasteiger partial charge is 0.487 e. The van der Waals surface area contributed by atoms with Gasteiger partial charge in [-0.05, 0) is 24.3 Å². The van der Waals surface area contributed by atoms with Gasteiger partial charge in [0, 0.05) is 36.3 Å². The molecule has 0 atom stereocenters. The van der Waals surface area contributed by atoms with Gasteiger partial charge in [-0.3, -0.25) is 9.78 Å². The number of hydrogen-bond donors (Lipinski definition) is 4. The maximum atomic E-state index is 11.3. The van der Waals surface area contributed by atoms with Crippen molar-refractivity contribution in [3.05, 3.63) is 69.8 Å². The molecule has 4 rings (SSSR count). The standard InChI is InChI=1S/C20H18N4O4/c1-11(25)23-14-4-2-13-9-22-15(10-27-18(13)8-14)7-16(21)12-3-5-17-19(6-12)28-20(26)24-17/h2-8,21-22H,9-10H2,1H3,(H,23,25)(H,24,26)/b15-7-,21-16?. The third-order valence-corrected chi connectivity index (χ3v) is 4.33. The first-order valence-corrected chi connectivity index (χ1v) is 8.67. The van der Waals surface area contributed by atoms with Crippen molar-refractivity contribution in [1.82, 2.24) is 10.3 Å².